The van der Waals surface area contributed by atoms with Crippen molar-refractivity contribution in [3.8, 4) is 0 Å². The van der Waals surface area contributed by atoms with Crippen molar-refractivity contribution < 1.29 is 8.42 Å². The van der Waals surface area contributed by atoms with Gasteiger partial charge in [0.15, 0.2) is 0 Å². The molecule has 1 saturated heterocycles. The first-order chi connectivity index (χ1) is 6.89. The minimum absolute atomic E-state index is 0.360. The van der Waals surface area contributed by atoms with Crippen LogP contribution in [-0.4, -0.2) is 57.3 Å². The van der Waals surface area contributed by atoms with E-state index in [-0.39, 0.29) is 0 Å². The van der Waals surface area contributed by atoms with E-state index in [1.165, 1.54) is 4.31 Å². The molecule has 5 nitrogen and oxygen atoms in total. The van der Waals surface area contributed by atoms with Gasteiger partial charge in [-0.25, -0.2) is 0 Å². The second-order valence-electron chi connectivity index (χ2n) is 4.31. The molecule has 0 spiro atoms. The molecular formula is C9H21N3O2S. The monoisotopic (exact) mass is 235 g/mol. The summed E-state index contributed by atoms with van der Waals surface area (Å²) >= 11 is 0. The Bertz CT molecular complexity index is 302. The van der Waals surface area contributed by atoms with Gasteiger partial charge in [-0.1, -0.05) is 6.92 Å². The van der Waals surface area contributed by atoms with Crippen LogP contribution in [0.5, 0.6) is 0 Å². The van der Waals surface area contributed by atoms with Crippen LogP contribution >= 0.6 is 0 Å². The number of nitrogens with zero attached hydrogens (tertiary/aromatic N) is 2. The Balaban J connectivity index is 2.70. The predicted octanol–water partition coefficient (Wildman–Crippen LogP) is -0.277. The van der Waals surface area contributed by atoms with Crippen molar-refractivity contribution in [3.05, 3.63) is 0 Å². The van der Waals surface area contributed by atoms with Crippen molar-refractivity contribution in [1.29, 1.82) is 0 Å². The lowest BCUT2D eigenvalue weighted by Crippen LogP contribution is -2.51. The van der Waals surface area contributed by atoms with E-state index in [0.29, 0.717) is 25.0 Å². The Kier molecular flexibility index (Phi) is 4.11. The normalized spacial score (nSPS) is 29.7. The second-order valence-corrected chi connectivity index (χ2v) is 6.45. The minimum atomic E-state index is -3.23. The van der Waals surface area contributed by atoms with Gasteiger partial charge in [-0.3, -0.25) is 0 Å². The molecule has 0 amide bonds. The van der Waals surface area contributed by atoms with Gasteiger partial charge < -0.3 is 5.32 Å². The van der Waals surface area contributed by atoms with E-state index in [1.807, 2.05) is 7.05 Å². The molecule has 0 bridgehead atoms. The van der Waals surface area contributed by atoms with Crippen LogP contribution in [0.3, 0.4) is 0 Å². The van der Waals surface area contributed by atoms with Crippen molar-refractivity contribution in [1.82, 2.24) is 13.9 Å². The van der Waals surface area contributed by atoms with Crippen LogP contribution in [0.1, 0.15) is 13.3 Å². The highest BCUT2D eigenvalue weighted by Crippen LogP contribution is 2.19. The highest BCUT2D eigenvalue weighted by Gasteiger charge is 2.32. The summed E-state index contributed by atoms with van der Waals surface area (Å²) in [6, 6.07) is 0.429. The van der Waals surface area contributed by atoms with E-state index < -0.39 is 10.2 Å². The highest BCUT2D eigenvalue weighted by atomic mass is 32.2. The lowest BCUT2D eigenvalue weighted by molar-refractivity contribution is 0.220. The zero-order chi connectivity index (χ0) is 11.6. The maximum Gasteiger partial charge on any atom is 0.281 e. The Morgan fingerprint density at radius 1 is 1.40 bits per heavy atom. The van der Waals surface area contributed by atoms with Crippen LogP contribution < -0.4 is 5.32 Å². The first kappa shape index (κ1) is 12.9. The largest absolute Gasteiger partial charge is 0.317 e. The highest BCUT2D eigenvalue weighted by molar-refractivity contribution is 7.86. The standard InChI is InChI=1S/C9H21N3O2S/c1-8-7-12(6-5-9(8)10-2)15(13,14)11(3)4/h8-10H,5-7H2,1-4H3. The summed E-state index contributed by atoms with van der Waals surface area (Å²) in [5, 5.41) is 3.22. The SMILES string of the molecule is CNC1CCN(S(=O)(=O)N(C)C)CC1C. The first-order valence-corrected chi connectivity index (χ1v) is 6.64. The van der Waals surface area contributed by atoms with Crippen molar-refractivity contribution in [2.45, 2.75) is 19.4 Å². The minimum Gasteiger partial charge on any atom is -0.317 e. The molecule has 15 heavy (non-hydrogen) atoms. The van der Waals surface area contributed by atoms with Gasteiger partial charge in [-0.15, -0.1) is 0 Å². The van der Waals surface area contributed by atoms with Crippen molar-refractivity contribution >= 4 is 10.2 Å². The molecule has 0 radical (unpaired) electrons. The summed E-state index contributed by atoms with van der Waals surface area (Å²) in [6.45, 7) is 3.29. The molecule has 0 aromatic heterocycles. The summed E-state index contributed by atoms with van der Waals surface area (Å²) in [5.74, 6) is 0.360. The molecule has 6 heteroatoms. The van der Waals surface area contributed by atoms with Crippen molar-refractivity contribution in [2.24, 2.45) is 5.92 Å². The smallest absolute Gasteiger partial charge is 0.281 e. The fourth-order valence-corrected chi connectivity index (χ4v) is 3.20. The zero-order valence-corrected chi connectivity index (χ0v) is 10.7. The van der Waals surface area contributed by atoms with Gasteiger partial charge in [0.2, 0.25) is 0 Å². The van der Waals surface area contributed by atoms with Crippen LogP contribution in [0.25, 0.3) is 0 Å². The Morgan fingerprint density at radius 2 is 2.00 bits per heavy atom. The summed E-state index contributed by atoms with van der Waals surface area (Å²) < 4.78 is 26.6. The van der Waals surface area contributed by atoms with Gasteiger partial charge in [-0.05, 0) is 19.4 Å². The predicted molar refractivity (Wildman–Crippen MR) is 60.8 cm³/mol. The molecule has 2 unspecified atom stereocenters. The summed E-state index contributed by atoms with van der Waals surface area (Å²) in [5.41, 5.74) is 0. The number of nitrogens with one attached hydrogen (secondary N) is 1. The van der Waals surface area contributed by atoms with Crippen molar-refractivity contribution in [3.63, 3.8) is 0 Å². The van der Waals surface area contributed by atoms with Gasteiger partial charge >= 0.3 is 0 Å². The molecule has 0 aromatic rings. The van der Waals surface area contributed by atoms with Gasteiger partial charge in [0.05, 0.1) is 0 Å². The number of piperidine rings is 1. The fraction of sp³-hybridized carbons (Fsp3) is 1.00. The Labute approximate surface area is 92.6 Å². The number of hydrogen-bond donors (Lipinski definition) is 1. The van der Waals surface area contributed by atoms with E-state index in [0.717, 1.165) is 6.42 Å². The molecule has 0 saturated carbocycles. The fourth-order valence-electron chi connectivity index (χ4n) is 1.98. The van der Waals surface area contributed by atoms with E-state index in [4.69, 9.17) is 0 Å². The molecule has 1 aliphatic heterocycles. The molecule has 90 valence electrons. The molecule has 1 fully saturated rings. The number of rotatable bonds is 3. The average molecular weight is 235 g/mol. The van der Waals surface area contributed by atoms with Gasteiger partial charge in [0.25, 0.3) is 10.2 Å². The summed E-state index contributed by atoms with van der Waals surface area (Å²) in [7, 11) is 1.85. The molecular weight excluding hydrogens is 214 g/mol. The van der Waals surface area contributed by atoms with Crippen LogP contribution in [-0.2, 0) is 10.2 Å². The second kappa shape index (κ2) is 4.78. The van der Waals surface area contributed by atoms with Crippen LogP contribution in [0.2, 0.25) is 0 Å². The van der Waals surface area contributed by atoms with Crippen LogP contribution in [0.4, 0.5) is 0 Å². The van der Waals surface area contributed by atoms with Crippen molar-refractivity contribution in [2.75, 3.05) is 34.2 Å². The van der Waals surface area contributed by atoms with Gasteiger partial charge in [-0.2, -0.15) is 17.0 Å². The quantitative estimate of drug-likeness (QED) is 0.732. The average Bonchev–Trinajstić information content (AvgIpc) is 2.17. The topological polar surface area (TPSA) is 52.7 Å². The van der Waals surface area contributed by atoms with Crippen LogP contribution in [0.15, 0.2) is 0 Å². The third-order valence-corrected chi connectivity index (χ3v) is 4.93. The molecule has 1 N–H and O–H groups in total. The lowest BCUT2D eigenvalue weighted by Gasteiger charge is -2.36. The Morgan fingerprint density at radius 3 is 2.40 bits per heavy atom. The zero-order valence-electron chi connectivity index (χ0n) is 9.90. The third kappa shape index (κ3) is 2.69. The van der Waals surface area contributed by atoms with E-state index in [1.54, 1.807) is 18.4 Å². The van der Waals surface area contributed by atoms with Crippen LogP contribution in [0, 0.1) is 5.92 Å². The molecule has 0 aromatic carbocycles. The number of hydrogen-bond acceptors (Lipinski definition) is 3. The molecule has 1 aliphatic rings. The maximum atomic E-state index is 11.9. The molecule has 2 atom stereocenters. The first-order valence-electron chi connectivity index (χ1n) is 5.24. The van der Waals surface area contributed by atoms with E-state index in [9.17, 15) is 8.42 Å². The summed E-state index contributed by atoms with van der Waals surface area (Å²) in [6.07, 6.45) is 0.880. The van der Waals surface area contributed by atoms with E-state index >= 15 is 0 Å². The maximum absolute atomic E-state index is 11.9. The van der Waals surface area contributed by atoms with Gasteiger partial charge in [0, 0.05) is 33.2 Å². The van der Waals surface area contributed by atoms with Gasteiger partial charge in [0.1, 0.15) is 0 Å². The summed E-state index contributed by atoms with van der Waals surface area (Å²) in [4.78, 5) is 0. The molecule has 0 aliphatic carbocycles. The van der Waals surface area contributed by atoms with E-state index in [2.05, 4.69) is 12.2 Å². The Hall–Kier alpha value is -0.170. The molecule has 1 rings (SSSR count). The third-order valence-electron chi connectivity index (χ3n) is 3.03. The molecule has 1 heterocycles. The lowest BCUT2D eigenvalue weighted by atomic mass is 9.96.